The first-order chi connectivity index (χ1) is 5.91. The summed E-state index contributed by atoms with van der Waals surface area (Å²) in [4.78, 5) is 25.6. The van der Waals surface area contributed by atoms with Crippen molar-refractivity contribution in [2.45, 2.75) is 46.0 Å². The smallest absolute Gasteiger partial charge is 0.822 e. The molecule has 0 aliphatic rings. The minimum atomic E-state index is -5.39. The van der Waals surface area contributed by atoms with Crippen LogP contribution in [0.1, 0.15) is 46.0 Å². The minimum absolute atomic E-state index is 0. The molecule has 6 heteroatoms. The molecule has 4 nitrogen and oxygen atoms in total. The van der Waals surface area contributed by atoms with Crippen molar-refractivity contribution in [3.63, 3.8) is 0 Å². The van der Waals surface area contributed by atoms with Crippen molar-refractivity contribution < 1.29 is 60.1 Å². The maximum atomic E-state index is 8.55. The van der Waals surface area contributed by atoms with Crippen molar-refractivity contribution in [1.82, 2.24) is 0 Å². The third-order valence-electron chi connectivity index (χ3n) is 1.35. The first-order valence-corrected chi connectivity index (χ1v) is 5.88. The van der Waals surface area contributed by atoms with Crippen LogP contribution in [0.15, 0.2) is 0 Å². The number of phosphoric acid groups is 1. The number of hydrogen-bond donors (Lipinski definition) is 0. The van der Waals surface area contributed by atoms with Gasteiger partial charge in [-0.3, -0.25) is 0 Å². The van der Waals surface area contributed by atoms with E-state index in [0.717, 1.165) is 0 Å². The minimum Gasteiger partial charge on any atom is -0.822 e. The van der Waals surface area contributed by atoms with Gasteiger partial charge in [-0.05, 0) is 0 Å². The van der Waals surface area contributed by atoms with Gasteiger partial charge in [-0.2, -0.15) is 21.2 Å². The first kappa shape index (κ1) is 20.8. The molecule has 0 spiro atoms. The maximum Gasteiger partial charge on any atom is 3.00 e. The summed E-state index contributed by atoms with van der Waals surface area (Å²) in [6.45, 7) is 4.38. The third-order valence-corrected chi connectivity index (χ3v) is 1.35. The summed E-state index contributed by atoms with van der Waals surface area (Å²) in [7, 11) is -5.39. The quantitative estimate of drug-likeness (QED) is 0.406. The summed E-state index contributed by atoms with van der Waals surface area (Å²) >= 11 is 0. The van der Waals surface area contributed by atoms with Crippen molar-refractivity contribution >= 4 is 7.82 Å². The Morgan fingerprint density at radius 3 is 1.86 bits per heavy atom. The van der Waals surface area contributed by atoms with Gasteiger partial charge in [0.2, 0.25) is 0 Å². The van der Waals surface area contributed by atoms with Crippen LogP contribution in [0.2, 0.25) is 0 Å². The van der Waals surface area contributed by atoms with E-state index >= 15 is 0 Å². The van der Waals surface area contributed by atoms with E-state index in [1.54, 1.807) is 0 Å². The fourth-order valence-corrected chi connectivity index (χ4v) is 0.775. The van der Waals surface area contributed by atoms with Crippen LogP contribution in [0.5, 0.6) is 0 Å². The molecule has 0 saturated heterocycles. The van der Waals surface area contributed by atoms with Crippen LogP contribution in [0, 0.1) is 47.3 Å². The van der Waals surface area contributed by atoms with Gasteiger partial charge in [0, 0.05) is 0 Å². The van der Waals surface area contributed by atoms with E-state index in [2.05, 4.69) is 20.3 Å². The molecule has 83 valence electrons. The van der Waals surface area contributed by atoms with E-state index in [1.165, 1.54) is 32.1 Å². The van der Waals surface area contributed by atoms with Gasteiger partial charge >= 0.3 is 40.8 Å². The summed E-state index contributed by atoms with van der Waals surface area (Å²) in [5, 5.41) is 0. The van der Waals surface area contributed by atoms with E-state index in [-0.39, 0.29) is 40.8 Å². The fourth-order valence-electron chi connectivity index (χ4n) is 0.775. The van der Waals surface area contributed by atoms with Gasteiger partial charge in [0.15, 0.2) is 0 Å². The Kier molecular flexibility index (Phi) is 21.5. The molecule has 0 rings (SSSR count). The van der Waals surface area contributed by atoms with Crippen LogP contribution in [0.25, 0.3) is 0 Å². The molecule has 0 bridgehead atoms. The van der Waals surface area contributed by atoms with Crippen LogP contribution < -0.4 is 14.7 Å². The van der Waals surface area contributed by atoms with Crippen LogP contribution >= 0.6 is 7.82 Å². The molecule has 0 aliphatic heterocycles. The normalized spacial score (nSPS) is 9.79. The van der Waals surface area contributed by atoms with Gasteiger partial charge in [0.1, 0.15) is 0 Å². The topological polar surface area (TPSA) is 86.2 Å². The van der Waals surface area contributed by atoms with Crippen molar-refractivity contribution in [2.24, 2.45) is 0 Å². The second-order valence-corrected chi connectivity index (χ2v) is 3.60. The summed E-state index contributed by atoms with van der Waals surface area (Å²) in [6, 6.07) is 0. The van der Waals surface area contributed by atoms with Crippen LogP contribution in [0.4, 0.5) is 0 Å². The number of rotatable bonds is 5. The Balaban J connectivity index is -0.000000177. The zero-order valence-electron chi connectivity index (χ0n) is 8.69. The van der Waals surface area contributed by atoms with Crippen molar-refractivity contribution in [3.05, 3.63) is 6.42 Å². The zero-order valence-corrected chi connectivity index (χ0v) is 12.8. The van der Waals surface area contributed by atoms with Crippen LogP contribution in [-0.4, -0.2) is 0 Å². The summed E-state index contributed by atoms with van der Waals surface area (Å²) < 4.78 is 8.55. The molecule has 0 saturated carbocycles. The second-order valence-electron chi connectivity index (χ2n) is 2.70. The van der Waals surface area contributed by atoms with Gasteiger partial charge in [-0.1, -0.05) is 32.6 Å². The van der Waals surface area contributed by atoms with E-state index in [9.17, 15) is 0 Å². The van der Waals surface area contributed by atoms with E-state index < -0.39 is 7.82 Å². The zero-order chi connectivity index (χ0) is 10.7. The van der Waals surface area contributed by atoms with E-state index in [1.807, 2.05) is 0 Å². The van der Waals surface area contributed by atoms with Gasteiger partial charge in [0.25, 0.3) is 0 Å². The molecular weight excluding hydrogens is 335 g/mol. The van der Waals surface area contributed by atoms with Crippen molar-refractivity contribution in [1.29, 1.82) is 0 Å². The summed E-state index contributed by atoms with van der Waals surface area (Å²) in [5.74, 6) is 0. The molecule has 0 aromatic carbocycles. The third kappa shape index (κ3) is 50.1. The molecule has 0 amide bonds. The molecule has 0 aliphatic carbocycles. The molecule has 0 N–H and O–H groups in total. The predicted molar refractivity (Wildman–Crippen MR) is 46.3 cm³/mol. The number of hydrogen-bond acceptors (Lipinski definition) is 4. The van der Waals surface area contributed by atoms with Crippen molar-refractivity contribution in [3.8, 4) is 0 Å². The van der Waals surface area contributed by atoms with Gasteiger partial charge < -0.3 is 25.7 Å². The standard InChI is InChI=1S/C8H17.Nd.H3O4P/c1-3-5-7-8-6-4-2;;1-5(2,3)4/h3H,4-8H2,1-2H3;;(H3,1,2,3,4)/q-1;+3;/p-3. The van der Waals surface area contributed by atoms with E-state index in [0.29, 0.717) is 0 Å². The Bertz CT molecular complexity index is 123. The maximum absolute atomic E-state index is 8.55. The Labute approximate surface area is 119 Å². The Morgan fingerprint density at radius 2 is 1.57 bits per heavy atom. The van der Waals surface area contributed by atoms with Crippen LogP contribution in [-0.2, 0) is 4.57 Å². The fraction of sp³-hybridized carbons (Fsp3) is 0.875. The summed E-state index contributed by atoms with van der Waals surface area (Å²) in [6.07, 6.45) is 9.12. The predicted octanol–water partition coefficient (Wildman–Crippen LogP) is 0.356. The SMILES string of the molecule is C[CH-]CCCCCC.O=P([O-])([O-])[O-].[Nd+3]. The van der Waals surface area contributed by atoms with Gasteiger partial charge in [-0.25, -0.2) is 0 Å². The molecule has 0 aromatic heterocycles. The summed E-state index contributed by atoms with van der Waals surface area (Å²) in [5.41, 5.74) is 0. The van der Waals surface area contributed by atoms with Gasteiger partial charge in [-0.15, -0.1) is 0 Å². The second kappa shape index (κ2) is 14.5. The molecule has 0 unspecified atom stereocenters. The van der Waals surface area contributed by atoms with E-state index in [4.69, 9.17) is 19.2 Å². The molecular formula is C8H17NdO4P-. The van der Waals surface area contributed by atoms with Crippen molar-refractivity contribution in [2.75, 3.05) is 0 Å². The van der Waals surface area contributed by atoms with Gasteiger partial charge in [0.05, 0.1) is 0 Å². The molecule has 0 atom stereocenters. The average Bonchev–Trinajstić information content (AvgIpc) is 1.95. The largest absolute Gasteiger partial charge is 3.00 e. The van der Waals surface area contributed by atoms with Crippen LogP contribution in [0.3, 0.4) is 0 Å². The Hall–Kier alpha value is 1.46. The number of unbranched alkanes of at least 4 members (excludes halogenated alkanes) is 5. The Morgan fingerprint density at radius 1 is 1.14 bits per heavy atom. The molecule has 0 aromatic rings. The molecule has 0 heterocycles. The molecule has 1 radical (unpaired) electrons. The average molecular weight is 352 g/mol. The monoisotopic (exact) mass is 350 g/mol. The molecule has 0 fully saturated rings. The first-order valence-electron chi connectivity index (χ1n) is 4.42. The molecule has 14 heavy (non-hydrogen) atoms.